The van der Waals surface area contributed by atoms with Crippen molar-refractivity contribution in [3.05, 3.63) is 29.8 Å². The summed E-state index contributed by atoms with van der Waals surface area (Å²) in [7, 11) is 0. The number of likely N-dealkylation sites (tertiary alicyclic amines) is 1. The van der Waals surface area contributed by atoms with Crippen LogP contribution in [0.2, 0.25) is 0 Å². The van der Waals surface area contributed by atoms with Crippen LogP contribution in [-0.2, 0) is 4.79 Å². The molecule has 0 aromatic heterocycles. The van der Waals surface area contributed by atoms with Gasteiger partial charge in [0, 0.05) is 18.7 Å². The number of carbonyl (C=O) groups is 2. The van der Waals surface area contributed by atoms with Crippen molar-refractivity contribution in [3.8, 4) is 5.75 Å². The zero-order chi connectivity index (χ0) is 15.7. The molecule has 5 nitrogen and oxygen atoms in total. The van der Waals surface area contributed by atoms with E-state index in [1.807, 2.05) is 19.1 Å². The molecule has 2 aliphatic rings. The van der Waals surface area contributed by atoms with Gasteiger partial charge in [-0.15, -0.1) is 0 Å². The molecule has 1 aliphatic carbocycles. The summed E-state index contributed by atoms with van der Waals surface area (Å²) in [5, 5.41) is 9.14. The molecular formula is C17H21NO4. The fraction of sp³-hybridized carbons (Fsp3) is 0.529. The van der Waals surface area contributed by atoms with Gasteiger partial charge in [-0.2, -0.15) is 0 Å². The predicted molar refractivity (Wildman–Crippen MR) is 80.9 cm³/mol. The predicted octanol–water partition coefficient (Wildman–Crippen LogP) is 2.27. The Labute approximate surface area is 129 Å². The first-order valence-corrected chi connectivity index (χ1v) is 7.79. The number of hydrogen-bond donors (Lipinski definition) is 1. The number of ether oxygens (including phenoxy) is 1. The molecule has 1 saturated heterocycles. The highest BCUT2D eigenvalue weighted by molar-refractivity contribution is 5.95. The van der Waals surface area contributed by atoms with Gasteiger partial charge >= 0.3 is 5.97 Å². The van der Waals surface area contributed by atoms with Gasteiger partial charge < -0.3 is 14.7 Å². The number of hydrogen-bond acceptors (Lipinski definition) is 3. The molecule has 2 fully saturated rings. The van der Waals surface area contributed by atoms with Crippen LogP contribution in [0, 0.1) is 17.8 Å². The molecule has 3 rings (SSSR count). The third-order valence-electron chi connectivity index (χ3n) is 4.50. The van der Waals surface area contributed by atoms with Crippen molar-refractivity contribution >= 4 is 11.9 Å². The molecule has 5 heteroatoms. The Morgan fingerprint density at radius 2 is 1.91 bits per heavy atom. The van der Waals surface area contributed by atoms with Crippen LogP contribution in [0.15, 0.2) is 24.3 Å². The first-order chi connectivity index (χ1) is 10.5. The van der Waals surface area contributed by atoms with E-state index in [2.05, 4.69) is 0 Å². The Morgan fingerprint density at radius 1 is 1.23 bits per heavy atom. The normalized spacial score (nSPS) is 24.3. The quantitative estimate of drug-likeness (QED) is 0.906. The summed E-state index contributed by atoms with van der Waals surface area (Å²) in [6, 6.07) is 7.13. The fourth-order valence-electron chi connectivity index (χ4n) is 2.83. The van der Waals surface area contributed by atoms with Crippen LogP contribution in [0.3, 0.4) is 0 Å². The van der Waals surface area contributed by atoms with Crippen molar-refractivity contribution in [2.24, 2.45) is 17.8 Å². The van der Waals surface area contributed by atoms with Crippen LogP contribution in [0.4, 0.5) is 0 Å². The van der Waals surface area contributed by atoms with Crippen molar-refractivity contribution in [2.75, 3.05) is 19.7 Å². The van der Waals surface area contributed by atoms with Crippen molar-refractivity contribution in [2.45, 2.75) is 19.8 Å². The number of benzene rings is 1. The van der Waals surface area contributed by atoms with E-state index in [4.69, 9.17) is 9.84 Å². The highest BCUT2D eigenvalue weighted by Gasteiger charge is 2.37. The molecule has 0 radical (unpaired) electrons. The van der Waals surface area contributed by atoms with Crippen LogP contribution >= 0.6 is 0 Å². The second-order valence-corrected chi connectivity index (χ2v) is 6.41. The summed E-state index contributed by atoms with van der Waals surface area (Å²) in [6.45, 7) is 3.41. The fourth-order valence-corrected chi connectivity index (χ4v) is 2.83. The topological polar surface area (TPSA) is 66.8 Å². The number of carbonyl (C=O) groups excluding carboxylic acids is 1. The smallest absolute Gasteiger partial charge is 0.308 e. The number of carboxylic acids is 1. The number of amides is 1. The minimum atomic E-state index is -0.827. The molecule has 0 bridgehead atoms. The average Bonchev–Trinajstić information content (AvgIpc) is 3.25. The molecule has 1 amide bonds. The molecule has 1 heterocycles. The van der Waals surface area contributed by atoms with Crippen molar-refractivity contribution in [1.82, 2.24) is 4.90 Å². The van der Waals surface area contributed by atoms with E-state index in [1.54, 1.807) is 17.0 Å². The molecule has 1 aliphatic heterocycles. The number of nitrogens with zero attached hydrogens (tertiary/aromatic N) is 1. The average molecular weight is 303 g/mol. The molecule has 1 aromatic rings. The maximum absolute atomic E-state index is 12.4. The van der Waals surface area contributed by atoms with Gasteiger partial charge in [-0.25, -0.2) is 0 Å². The zero-order valence-corrected chi connectivity index (χ0v) is 12.7. The van der Waals surface area contributed by atoms with E-state index < -0.39 is 11.9 Å². The first kappa shape index (κ1) is 14.9. The lowest BCUT2D eigenvalue weighted by Crippen LogP contribution is -2.29. The van der Waals surface area contributed by atoms with Gasteiger partial charge in [-0.3, -0.25) is 9.59 Å². The Hall–Kier alpha value is -2.04. The van der Waals surface area contributed by atoms with E-state index >= 15 is 0 Å². The third kappa shape index (κ3) is 3.24. The van der Waals surface area contributed by atoms with Crippen LogP contribution in [0.1, 0.15) is 30.1 Å². The molecule has 22 heavy (non-hydrogen) atoms. The van der Waals surface area contributed by atoms with Crippen LogP contribution < -0.4 is 4.74 Å². The first-order valence-electron chi connectivity index (χ1n) is 7.79. The highest BCUT2D eigenvalue weighted by atomic mass is 16.5. The lowest BCUT2D eigenvalue weighted by molar-refractivity contribution is -0.142. The highest BCUT2D eigenvalue weighted by Crippen LogP contribution is 2.30. The van der Waals surface area contributed by atoms with Gasteiger partial charge in [0.2, 0.25) is 0 Å². The largest absolute Gasteiger partial charge is 0.493 e. The van der Waals surface area contributed by atoms with Crippen LogP contribution in [0.25, 0.3) is 0 Å². The second-order valence-electron chi connectivity index (χ2n) is 6.41. The second kappa shape index (κ2) is 5.99. The van der Waals surface area contributed by atoms with Gasteiger partial charge in [-0.1, -0.05) is 6.92 Å². The van der Waals surface area contributed by atoms with Crippen molar-refractivity contribution in [1.29, 1.82) is 0 Å². The number of aliphatic carboxylic acids is 1. The van der Waals surface area contributed by atoms with Gasteiger partial charge in [0.05, 0.1) is 12.5 Å². The van der Waals surface area contributed by atoms with Gasteiger partial charge in [-0.05, 0) is 48.9 Å². The van der Waals surface area contributed by atoms with Crippen LogP contribution in [-0.4, -0.2) is 41.6 Å². The molecule has 0 unspecified atom stereocenters. The molecule has 2 atom stereocenters. The summed E-state index contributed by atoms with van der Waals surface area (Å²) in [5.74, 6) is 0.0608. The van der Waals surface area contributed by atoms with E-state index in [9.17, 15) is 9.59 Å². The van der Waals surface area contributed by atoms with E-state index in [0.717, 1.165) is 12.4 Å². The van der Waals surface area contributed by atoms with E-state index in [0.29, 0.717) is 18.0 Å². The summed E-state index contributed by atoms with van der Waals surface area (Å²) in [4.78, 5) is 25.2. The number of carboxylic acid groups (broad SMARTS) is 1. The molecular weight excluding hydrogens is 282 g/mol. The molecule has 1 saturated carbocycles. The molecule has 0 spiro atoms. The summed E-state index contributed by atoms with van der Waals surface area (Å²) in [6.07, 6.45) is 2.49. The lowest BCUT2D eigenvalue weighted by atomic mass is 9.99. The Morgan fingerprint density at radius 3 is 2.45 bits per heavy atom. The summed E-state index contributed by atoms with van der Waals surface area (Å²) < 4.78 is 5.65. The SMILES string of the molecule is C[C@@H]1CN(C(=O)c2ccc(OCC3CC3)cc2)C[C@H]1C(=O)O. The molecule has 1 N–H and O–H groups in total. The maximum Gasteiger partial charge on any atom is 0.308 e. The standard InChI is InChI=1S/C17H21NO4/c1-11-8-18(9-15(11)17(20)21)16(19)13-4-6-14(7-5-13)22-10-12-2-3-12/h4-7,11-12,15H,2-3,8-10H2,1H3,(H,20,21)/t11-,15-/m1/s1. The lowest BCUT2D eigenvalue weighted by Gasteiger charge is -2.16. The maximum atomic E-state index is 12.4. The minimum absolute atomic E-state index is 0.0115. The Bertz CT molecular complexity index is 565. The van der Waals surface area contributed by atoms with E-state index in [-0.39, 0.29) is 18.4 Å². The summed E-state index contributed by atoms with van der Waals surface area (Å²) in [5.41, 5.74) is 0.581. The monoisotopic (exact) mass is 303 g/mol. The van der Waals surface area contributed by atoms with Gasteiger partial charge in [0.1, 0.15) is 5.75 Å². The van der Waals surface area contributed by atoms with Gasteiger partial charge in [0.15, 0.2) is 0 Å². The summed E-state index contributed by atoms with van der Waals surface area (Å²) >= 11 is 0. The van der Waals surface area contributed by atoms with Crippen LogP contribution in [0.5, 0.6) is 5.75 Å². The molecule has 1 aromatic carbocycles. The Balaban J connectivity index is 1.61. The van der Waals surface area contributed by atoms with Gasteiger partial charge in [0.25, 0.3) is 5.91 Å². The third-order valence-corrected chi connectivity index (χ3v) is 4.50. The van der Waals surface area contributed by atoms with Crippen molar-refractivity contribution < 1.29 is 19.4 Å². The zero-order valence-electron chi connectivity index (χ0n) is 12.7. The Kier molecular flexibility index (Phi) is 4.05. The van der Waals surface area contributed by atoms with Crippen molar-refractivity contribution in [3.63, 3.8) is 0 Å². The number of rotatable bonds is 5. The molecule has 118 valence electrons. The minimum Gasteiger partial charge on any atom is -0.493 e. The van der Waals surface area contributed by atoms with E-state index in [1.165, 1.54) is 12.8 Å².